The molecule has 0 aliphatic carbocycles. The summed E-state index contributed by atoms with van der Waals surface area (Å²) in [7, 11) is 0. The van der Waals surface area contributed by atoms with Gasteiger partial charge in [-0.15, -0.1) is 0 Å². The molecule has 1 atom stereocenters. The molecule has 0 amide bonds. The summed E-state index contributed by atoms with van der Waals surface area (Å²) < 4.78 is 14.3. The van der Waals surface area contributed by atoms with Crippen LogP contribution >= 0.6 is 15.9 Å². The van der Waals surface area contributed by atoms with Crippen molar-refractivity contribution >= 4 is 15.9 Å². The zero-order chi connectivity index (χ0) is 11.3. The monoisotopic (exact) mass is 270 g/mol. The van der Waals surface area contributed by atoms with Crippen LogP contribution in [0.25, 0.3) is 0 Å². The number of benzene rings is 1. The molecule has 1 aromatic rings. The average molecular weight is 271 g/mol. The summed E-state index contributed by atoms with van der Waals surface area (Å²) >= 11 is 3.30. The minimum absolute atomic E-state index is 0.0872. The van der Waals surface area contributed by atoms with Gasteiger partial charge in [0.1, 0.15) is 5.82 Å². The molecule has 80 valence electrons. The SMILES string of the molecule is CC(NCCC#N)c1cc(Br)ccc1F. The summed E-state index contributed by atoms with van der Waals surface area (Å²) in [5.74, 6) is -0.227. The van der Waals surface area contributed by atoms with Crippen LogP contribution in [0.1, 0.15) is 24.9 Å². The maximum Gasteiger partial charge on any atom is 0.128 e. The van der Waals surface area contributed by atoms with Gasteiger partial charge in [-0.2, -0.15) is 5.26 Å². The van der Waals surface area contributed by atoms with Crippen molar-refractivity contribution in [2.75, 3.05) is 6.54 Å². The largest absolute Gasteiger partial charge is 0.309 e. The molecular weight excluding hydrogens is 259 g/mol. The van der Waals surface area contributed by atoms with Crippen molar-refractivity contribution in [1.82, 2.24) is 5.32 Å². The summed E-state index contributed by atoms with van der Waals surface area (Å²) in [6.07, 6.45) is 0.431. The van der Waals surface area contributed by atoms with Gasteiger partial charge in [-0.05, 0) is 25.1 Å². The second-order valence-corrected chi connectivity index (χ2v) is 4.17. The first kappa shape index (κ1) is 12.2. The molecule has 0 fully saturated rings. The van der Waals surface area contributed by atoms with E-state index in [0.717, 1.165) is 4.47 Å². The third kappa shape index (κ3) is 3.61. The molecule has 0 saturated heterocycles. The van der Waals surface area contributed by atoms with Crippen LogP contribution in [0.4, 0.5) is 4.39 Å². The quantitative estimate of drug-likeness (QED) is 0.854. The van der Waals surface area contributed by atoms with Gasteiger partial charge >= 0.3 is 0 Å². The molecular formula is C11H12BrFN2. The van der Waals surface area contributed by atoms with E-state index >= 15 is 0 Å². The number of hydrogen-bond acceptors (Lipinski definition) is 2. The highest BCUT2D eigenvalue weighted by molar-refractivity contribution is 9.10. The molecule has 0 saturated carbocycles. The maximum atomic E-state index is 13.4. The lowest BCUT2D eigenvalue weighted by molar-refractivity contribution is 0.533. The lowest BCUT2D eigenvalue weighted by Crippen LogP contribution is -2.20. The number of rotatable bonds is 4. The van der Waals surface area contributed by atoms with Crippen molar-refractivity contribution in [3.05, 3.63) is 34.1 Å². The van der Waals surface area contributed by atoms with E-state index in [-0.39, 0.29) is 11.9 Å². The Bertz CT molecular complexity index is 373. The van der Waals surface area contributed by atoms with Crippen LogP contribution in [-0.2, 0) is 0 Å². The van der Waals surface area contributed by atoms with Gasteiger partial charge in [0, 0.05) is 29.0 Å². The van der Waals surface area contributed by atoms with Crippen molar-refractivity contribution in [3.63, 3.8) is 0 Å². The Labute approximate surface area is 97.2 Å². The summed E-state index contributed by atoms with van der Waals surface area (Å²) in [5.41, 5.74) is 0.613. The van der Waals surface area contributed by atoms with E-state index in [1.807, 2.05) is 13.0 Å². The van der Waals surface area contributed by atoms with Gasteiger partial charge in [0.2, 0.25) is 0 Å². The van der Waals surface area contributed by atoms with Gasteiger partial charge in [0.05, 0.1) is 6.07 Å². The zero-order valence-corrected chi connectivity index (χ0v) is 10.0. The van der Waals surface area contributed by atoms with Gasteiger partial charge in [-0.1, -0.05) is 15.9 Å². The topological polar surface area (TPSA) is 35.8 Å². The maximum absolute atomic E-state index is 13.4. The molecule has 1 unspecified atom stereocenters. The third-order valence-corrected chi connectivity index (χ3v) is 2.61. The van der Waals surface area contributed by atoms with Crippen molar-refractivity contribution < 1.29 is 4.39 Å². The van der Waals surface area contributed by atoms with Crippen LogP contribution in [0.5, 0.6) is 0 Å². The zero-order valence-electron chi connectivity index (χ0n) is 8.43. The minimum atomic E-state index is -0.227. The molecule has 1 N–H and O–H groups in total. The van der Waals surface area contributed by atoms with Gasteiger partial charge in [0.15, 0.2) is 0 Å². The molecule has 1 rings (SSSR count). The molecule has 1 aromatic carbocycles. The first-order chi connectivity index (χ1) is 7.15. The minimum Gasteiger partial charge on any atom is -0.309 e. The van der Waals surface area contributed by atoms with E-state index in [9.17, 15) is 4.39 Å². The Morgan fingerprint density at radius 2 is 2.33 bits per heavy atom. The third-order valence-electron chi connectivity index (χ3n) is 2.11. The predicted molar refractivity (Wildman–Crippen MR) is 60.7 cm³/mol. The Kier molecular flexibility index (Phi) is 4.73. The summed E-state index contributed by atoms with van der Waals surface area (Å²) in [4.78, 5) is 0. The highest BCUT2D eigenvalue weighted by Crippen LogP contribution is 2.21. The first-order valence-electron chi connectivity index (χ1n) is 4.70. The molecule has 0 bridgehead atoms. The van der Waals surface area contributed by atoms with Gasteiger partial charge in [-0.3, -0.25) is 0 Å². The van der Waals surface area contributed by atoms with Gasteiger partial charge < -0.3 is 5.32 Å². The van der Waals surface area contributed by atoms with Crippen molar-refractivity contribution in [3.8, 4) is 6.07 Å². The van der Waals surface area contributed by atoms with E-state index in [4.69, 9.17) is 5.26 Å². The molecule has 4 heteroatoms. The molecule has 0 spiro atoms. The van der Waals surface area contributed by atoms with Crippen molar-refractivity contribution in [2.24, 2.45) is 0 Å². The number of nitriles is 1. The second-order valence-electron chi connectivity index (χ2n) is 3.25. The Morgan fingerprint density at radius 1 is 1.60 bits per heavy atom. The van der Waals surface area contributed by atoms with E-state index in [1.54, 1.807) is 12.1 Å². The number of nitrogens with zero attached hydrogens (tertiary/aromatic N) is 1. The Hall–Kier alpha value is -0.920. The van der Waals surface area contributed by atoms with Crippen LogP contribution in [0.2, 0.25) is 0 Å². The second kappa shape index (κ2) is 5.84. The first-order valence-corrected chi connectivity index (χ1v) is 5.49. The van der Waals surface area contributed by atoms with Crippen molar-refractivity contribution in [1.29, 1.82) is 5.26 Å². The average Bonchev–Trinajstić information content (AvgIpc) is 2.22. The Morgan fingerprint density at radius 3 is 3.00 bits per heavy atom. The lowest BCUT2D eigenvalue weighted by Gasteiger charge is -2.14. The number of halogens is 2. The van der Waals surface area contributed by atoms with Gasteiger partial charge in [0.25, 0.3) is 0 Å². The smallest absolute Gasteiger partial charge is 0.128 e. The van der Waals surface area contributed by atoms with E-state index < -0.39 is 0 Å². The molecule has 0 aromatic heterocycles. The van der Waals surface area contributed by atoms with Crippen LogP contribution < -0.4 is 5.32 Å². The standard InChI is InChI=1S/C11H12BrFN2/c1-8(15-6-2-5-14)10-7-9(12)3-4-11(10)13/h3-4,7-8,15H,2,6H2,1H3. The van der Waals surface area contributed by atoms with Crippen LogP contribution in [0.15, 0.2) is 22.7 Å². The predicted octanol–water partition coefficient (Wildman–Crippen LogP) is 3.15. The summed E-state index contributed by atoms with van der Waals surface area (Å²) in [6.45, 7) is 2.45. The molecule has 0 aliphatic heterocycles. The summed E-state index contributed by atoms with van der Waals surface area (Å²) in [6, 6.07) is 6.80. The summed E-state index contributed by atoms with van der Waals surface area (Å²) in [5, 5.41) is 11.5. The normalized spacial score (nSPS) is 12.1. The van der Waals surface area contributed by atoms with Crippen LogP contribution in [0, 0.1) is 17.1 Å². The fourth-order valence-corrected chi connectivity index (χ4v) is 1.68. The molecule has 0 radical (unpaired) electrons. The number of hydrogen-bond donors (Lipinski definition) is 1. The fourth-order valence-electron chi connectivity index (χ4n) is 1.30. The fraction of sp³-hybridized carbons (Fsp3) is 0.364. The van der Waals surface area contributed by atoms with E-state index in [0.29, 0.717) is 18.5 Å². The highest BCUT2D eigenvalue weighted by Gasteiger charge is 2.10. The van der Waals surface area contributed by atoms with E-state index in [2.05, 4.69) is 21.2 Å². The highest BCUT2D eigenvalue weighted by atomic mass is 79.9. The number of nitrogens with one attached hydrogen (secondary N) is 1. The van der Waals surface area contributed by atoms with E-state index in [1.165, 1.54) is 6.07 Å². The molecule has 2 nitrogen and oxygen atoms in total. The van der Waals surface area contributed by atoms with Crippen LogP contribution in [0.3, 0.4) is 0 Å². The van der Waals surface area contributed by atoms with Crippen molar-refractivity contribution in [2.45, 2.75) is 19.4 Å². The molecule has 15 heavy (non-hydrogen) atoms. The van der Waals surface area contributed by atoms with Crippen LogP contribution in [-0.4, -0.2) is 6.54 Å². The molecule has 0 heterocycles. The van der Waals surface area contributed by atoms with Gasteiger partial charge in [-0.25, -0.2) is 4.39 Å². The Balaban J connectivity index is 2.69. The molecule has 0 aliphatic rings. The lowest BCUT2D eigenvalue weighted by atomic mass is 10.1.